The summed E-state index contributed by atoms with van der Waals surface area (Å²) in [5, 5.41) is 0. The Labute approximate surface area is 117 Å². The van der Waals surface area contributed by atoms with Gasteiger partial charge in [0, 0.05) is 37.4 Å². The van der Waals surface area contributed by atoms with Gasteiger partial charge in [-0.2, -0.15) is 0 Å². The van der Waals surface area contributed by atoms with E-state index in [0.717, 1.165) is 37.6 Å². The third kappa shape index (κ3) is 3.27. The molecule has 0 radical (unpaired) electrons. The summed E-state index contributed by atoms with van der Waals surface area (Å²) in [6.07, 6.45) is 8.94. The Morgan fingerprint density at radius 2 is 2.10 bits per heavy atom. The molecule has 1 aliphatic heterocycles. The molecule has 1 aliphatic rings. The van der Waals surface area contributed by atoms with Crippen LogP contribution >= 0.6 is 0 Å². The maximum Gasteiger partial charge on any atom is 0.225 e. The van der Waals surface area contributed by atoms with Crippen molar-refractivity contribution in [3.8, 4) is 0 Å². The van der Waals surface area contributed by atoms with Gasteiger partial charge in [0.25, 0.3) is 0 Å². The monoisotopic (exact) mass is 271 g/mol. The molecule has 0 bridgehead atoms. The van der Waals surface area contributed by atoms with Crippen molar-refractivity contribution in [1.82, 2.24) is 19.9 Å². The van der Waals surface area contributed by atoms with Gasteiger partial charge in [0.05, 0.1) is 12.7 Å². The summed E-state index contributed by atoms with van der Waals surface area (Å²) in [6.45, 7) is 2.38. The van der Waals surface area contributed by atoms with E-state index < -0.39 is 0 Å². The summed E-state index contributed by atoms with van der Waals surface area (Å²) >= 11 is 0. The third-order valence-corrected chi connectivity index (χ3v) is 3.34. The van der Waals surface area contributed by atoms with Crippen LogP contribution in [0.25, 0.3) is 0 Å². The molecule has 0 saturated carbocycles. The molecule has 0 N–H and O–H groups in total. The van der Waals surface area contributed by atoms with Crippen molar-refractivity contribution < 1.29 is 4.74 Å². The number of hydrogen-bond donors (Lipinski definition) is 0. The highest BCUT2D eigenvalue weighted by Gasteiger charge is 2.21. The zero-order valence-corrected chi connectivity index (χ0v) is 11.2. The average molecular weight is 271 g/mol. The lowest BCUT2D eigenvalue weighted by Crippen LogP contribution is -2.43. The third-order valence-electron chi connectivity index (χ3n) is 3.34. The Morgan fingerprint density at radius 3 is 2.90 bits per heavy atom. The molecule has 2 aromatic rings. The molecule has 0 unspecified atom stereocenters. The summed E-state index contributed by atoms with van der Waals surface area (Å²) in [5.41, 5.74) is 1.05. The molecule has 2 aromatic heterocycles. The number of morpholine rings is 1. The molecule has 1 atom stereocenters. The first-order valence-corrected chi connectivity index (χ1v) is 6.80. The van der Waals surface area contributed by atoms with E-state index in [2.05, 4.69) is 24.8 Å². The number of ether oxygens (including phenoxy) is 1. The van der Waals surface area contributed by atoms with Gasteiger partial charge in [-0.1, -0.05) is 0 Å². The van der Waals surface area contributed by atoms with Crippen LogP contribution in [0.5, 0.6) is 0 Å². The van der Waals surface area contributed by atoms with Crippen LogP contribution < -0.4 is 4.90 Å². The highest BCUT2D eigenvalue weighted by atomic mass is 16.5. The SMILES string of the molecule is c1cnc(N2CCO[C@@H](CCc3ccncn3)C2)nc1. The van der Waals surface area contributed by atoms with Crippen molar-refractivity contribution in [2.75, 3.05) is 24.6 Å². The smallest absolute Gasteiger partial charge is 0.225 e. The van der Waals surface area contributed by atoms with Crippen LogP contribution in [0.3, 0.4) is 0 Å². The number of anilines is 1. The summed E-state index contributed by atoms with van der Waals surface area (Å²) in [4.78, 5) is 18.9. The lowest BCUT2D eigenvalue weighted by atomic mass is 10.1. The van der Waals surface area contributed by atoms with Crippen LogP contribution in [0.15, 0.2) is 37.1 Å². The normalized spacial score (nSPS) is 19.0. The zero-order chi connectivity index (χ0) is 13.6. The fraction of sp³-hybridized carbons (Fsp3) is 0.429. The number of aryl methyl sites for hydroxylation is 1. The van der Waals surface area contributed by atoms with Crippen LogP contribution in [-0.2, 0) is 11.2 Å². The molecule has 6 nitrogen and oxygen atoms in total. The molecule has 0 aromatic carbocycles. The lowest BCUT2D eigenvalue weighted by Gasteiger charge is -2.32. The predicted octanol–water partition coefficient (Wildman–Crippen LogP) is 1.10. The first-order chi connectivity index (χ1) is 9.92. The second kappa shape index (κ2) is 6.38. The maximum atomic E-state index is 5.81. The van der Waals surface area contributed by atoms with E-state index in [1.165, 1.54) is 0 Å². The summed E-state index contributed by atoms with van der Waals surface area (Å²) in [6, 6.07) is 3.78. The second-order valence-electron chi connectivity index (χ2n) is 4.73. The van der Waals surface area contributed by atoms with Crippen LogP contribution in [0.1, 0.15) is 12.1 Å². The topological polar surface area (TPSA) is 64.0 Å². The van der Waals surface area contributed by atoms with Crippen LogP contribution in [0.2, 0.25) is 0 Å². The van der Waals surface area contributed by atoms with Crippen molar-refractivity contribution in [2.45, 2.75) is 18.9 Å². The Balaban J connectivity index is 1.56. The van der Waals surface area contributed by atoms with E-state index in [9.17, 15) is 0 Å². The van der Waals surface area contributed by atoms with Gasteiger partial charge in [0.2, 0.25) is 5.95 Å². The van der Waals surface area contributed by atoms with Gasteiger partial charge in [0.1, 0.15) is 6.33 Å². The maximum absolute atomic E-state index is 5.81. The van der Waals surface area contributed by atoms with Gasteiger partial charge in [-0.05, 0) is 25.0 Å². The Kier molecular flexibility index (Phi) is 4.13. The van der Waals surface area contributed by atoms with E-state index in [1.54, 1.807) is 24.9 Å². The molecular formula is C14H17N5O. The van der Waals surface area contributed by atoms with Gasteiger partial charge in [-0.15, -0.1) is 0 Å². The molecule has 1 saturated heterocycles. The Hall–Kier alpha value is -2.08. The molecule has 0 aliphatic carbocycles. The molecular weight excluding hydrogens is 254 g/mol. The standard InChI is InChI=1S/C14H17N5O/c1-5-16-14(17-6-1)19-8-9-20-13(10-19)3-2-12-4-7-15-11-18-12/h1,4-7,11,13H,2-3,8-10H2/t13-/m0/s1. The highest BCUT2D eigenvalue weighted by Crippen LogP contribution is 2.15. The quantitative estimate of drug-likeness (QED) is 0.830. The number of hydrogen-bond acceptors (Lipinski definition) is 6. The first kappa shape index (κ1) is 12.9. The zero-order valence-electron chi connectivity index (χ0n) is 11.2. The van der Waals surface area contributed by atoms with Gasteiger partial charge < -0.3 is 9.64 Å². The largest absolute Gasteiger partial charge is 0.375 e. The van der Waals surface area contributed by atoms with E-state index in [0.29, 0.717) is 6.61 Å². The van der Waals surface area contributed by atoms with Crippen molar-refractivity contribution in [3.63, 3.8) is 0 Å². The van der Waals surface area contributed by atoms with Gasteiger partial charge in [-0.3, -0.25) is 0 Å². The summed E-state index contributed by atoms with van der Waals surface area (Å²) in [5.74, 6) is 0.780. The first-order valence-electron chi connectivity index (χ1n) is 6.80. The molecule has 0 amide bonds. The van der Waals surface area contributed by atoms with Crippen molar-refractivity contribution in [2.24, 2.45) is 0 Å². The predicted molar refractivity (Wildman–Crippen MR) is 74.3 cm³/mol. The summed E-state index contributed by atoms with van der Waals surface area (Å²) in [7, 11) is 0. The molecule has 20 heavy (non-hydrogen) atoms. The number of nitrogens with zero attached hydrogens (tertiary/aromatic N) is 5. The number of rotatable bonds is 4. The molecule has 0 spiro atoms. The van der Waals surface area contributed by atoms with Crippen LogP contribution in [0.4, 0.5) is 5.95 Å². The molecule has 3 rings (SSSR count). The molecule has 104 valence electrons. The van der Waals surface area contributed by atoms with E-state index in [4.69, 9.17) is 4.74 Å². The average Bonchev–Trinajstić information content (AvgIpc) is 2.55. The second-order valence-corrected chi connectivity index (χ2v) is 4.73. The molecule has 6 heteroatoms. The van der Waals surface area contributed by atoms with E-state index >= 15 is 0 Å². The van der Waals surface area contributed by atoms with Gasteiger partial charge in [0.15, 0.2) is 0 Å². The van der Waals surface area contributed by atoms with E-state index in [1.807, 2.05) is 12.1 Å². The van der Waals surface area contributed by atoms with Gasteiger partial charge >= 0.3 is 0 Å². The highest BCUT2D eigenvalue weighted by molar-refractivity contribution is 5.29. The Morgan fingerprint density at radius 1 is 1.20 bits per heavy atom. The minimum Gasteiger partial charge on any atom is -0.375 e. The molecule has 3 heterocycles. The Bertz CT molecular complexity index is 522. The minimum absolute atomic E-state index is 0.197. The fourth-order valence-corrected chi connectivity index (χ4v) is 2.30. The minimum atomic E-state index is 0.197. The van der Waals surface area contributed by atoms with Crippen LogP contribution in [0, 0.1) is 0 Å². The fourth-order valence-electron chi connectivity index (χ4n) is 2.30. The van der Waals surface area contributed by atoms with E-state index in [-0.39, 0.29) is 6.10 Å². The van der Waals surface area contributed by atoms with Crippen LogP contribution in [-0.4, -0.2) is 45.7 Å². The number of aromatic nitrogens is 4. The lowest BCUT2D eigenvalue weighted by molar-refractivity contribution is 0.0348. The molecule has 1 fully saturated rings. The van der Waals surface area contributed by atoms with Gasteiger partial charge in [-0.25, -0.2) is 19.9 Å². The summed E-state index contributed by atoms with van der Waals surface area (Å²) < 4.78 is 5.81. The van der Waals surface area contributed by atoms with Crippen molar-refractivity contribution in [1.29, 1.82) is 0 Å². The van der Waals surface area contributed by atoms with Crippen molar-refractivity contribution >= 4 is 5.95 Å². The van der Waals surface area contributed by atoms with Crippen molar-refractivity contribution in [3.05, 3.63) is 42.7 Å².